The van der Waals surface area contributed by atoms with E-state index in [9.17, 15) is 9.59 Å². The van der Waals surface area contributed by atoms with Crippen molar-refractivity contribution in [1.29, 1.82) is 0 Å². The Morgan fingerprint density at radius 3 is 2.72 bits per heavy atom. The van der Waals surface area contributed by atoms with Crippen LogP contribution in [0.25, 0.3) is 0 Å². The predicted molar refractivity (Wildman–Crippen MR) is 97.5 cm³/mol. The molecule has 1 N–H and O–H groups in total. The van der Waals surface area contributed by atoms with Gasteiger partial charge in [0.05, 0.1) is 10.7 Å². The highest BCUT2D eigenvalue weighted by Gasteiger charge is 2.16. The van der Waals surface area contributed by atoms with Gasteiger partial charge in [-0.25, -0.2) is 9.59 Å². The summed E-state index contributed by atoms with van der Waals surface area (Å²) in [5, 5.41) is 2.96. The van der Waals surface area contributed by atoms with Crippen molar-refractivity contribution in [2.75, 3.05) is 23.9 Å². The first-order valence-corrected chi connectivity index (χ1v) is 7.74. The summed E-state index contributed by atoms with van der Waals surface area (Å²) in [7, 11) is 1.55. The summed E-state index contributed by atoms with van der Waals surface area (Å²) in [5.74, 6) is 0.269. The third-order valence-corrected chi connectivity index (χ3v) is 3.43. The van der Waals surface area contributed by atoms with E-state index in [1.807, 2.05) is 0 Å². The fourth-order valence-electron chi connectivity index (χ4n) is 1.92. The molecule has 130 valence electrons. The maximum Gasteiger partial charge on any atom is 0.419 e. The van der Waals surface area contributed by atoms with Crippen molar-refractivity contribution in [3.05, 3.63) is 66.2 Å². The van der Waals surface area contributed by atoms with Crippen LogP contribution in [-0.4, -0.2) is 25.8 Å². The van der Waals surface area contributed by atoms with E-state index < -0.39 is 12.2 Å². The van der Waals surface area contributed by atoms with Crippen LogP contribution in [0.3, 0.4) is 0 Å². The molecular weight excluding hydrogens is 344 g/mol. The molecule has 2 amide bonds. The molecule has 0 aliphatic rings. The van der Waals surface area contributed by atoms with Crippen molar-refractivity contribution in [3.63, 3.8) is 0 Å². The molecule has 0 aliphatic heterocycles. The first-order valence-electron chi connectivity index (χ1n) is 7.36. The molecule has 0 heterocycles. The number of rotatable bonds is 5. The van der Waals surface area contributed by atoms with Gasteiger partial charge >= 0.3 is 12.2 Å². The van der Waals surface area contributed by atoms with Crippen molar-refractivity contribution < 1.29 is 19.1 Å². The first-order chi connectivity index (χ1) is 12.0. The van der Waals surface area contributed by atoms with E-state index in [0.29, 0.717) is 16.4 Å². The highest BCUT2D eigenvalue weighted by Crippen LogP contribution is 2.25. The standard InChI is InChI=1S/C18H17ClN2O4/c1-3-11-24-17(22)20-13-7-6-8-14(12-13)25-18(23)21(2)16-10-5-4-9-15(16)19/h3-10,12H,1,11H2,2H3,(H,20,22). The van der Waals surface area contributed by atoms with Crippen molar-refractivity contribution in [2.24, 2.45) is 0 Å². The lowest BCUT2D eigenvalue weighted by Crippen LogP contribution is -2.29. The molecule has 7 heteroatoms. The predicted octanol–water partition coefficient (Wildman–Crippen LogP) is 4.71. The topological polar surface area (TPSA) is 67.9 Å². The molecule has 0 bridgehead atoms. The van der Waals surface area contributed by atoms with Gasteiger partial charge in [0, 0.05) is 18.8 Å². The fourth-order valence-corrected chi connectivity index (χ4v) is 2.18. The Labute approximate surface area is 150 Å². The van der Waals surface area contributed by atoms with Crippen molar-refractivity contribution in [2.45, 2.75) is 0 Å². The van der Waals surface area contributed by atoms with Crippen molar-refractivity contribution >= 4 is 35.2 Å². The molecule has 0 saturated heterocycles. The Kier molecular flexibility index (Phi) is 6.42. The van der Waals surface area contributed by atoms with Crippen LogP contribution in [0.4, 0.5) is 21.0 Å². The Morgan fingerprint density at radius 2 is 2.00 bits per heavy atom. The van der Waals surface area contributed by atoms with Gasteiger partial charge in [-0.2, -0.15) is 0 Å². The van der Waals surface area contributed by atoms with E-state index in [4.69, 9.17) is 21.1 Å². The quantitative estimate of drug-likeness (QED) is 0.784. The summed E-state index contributed by atoms with van der Waals surface area (Å²) < 4.78 is 10.1. The number of amides is 2. The summed E-state index contributed by atoms with van der Waals surface area (Å²) in [6.07, 6.45) is 0.221. The van der Waals surface area contributed by atoms with Crippen LogP contribution < -0.4 is 15.0 Å². The second-order valence-corrected chi connectivity index (χ2v) is 5.33. The monoisotopic (exact) mass is 360 g/mol. The van der Waals surface area contributed by atoms with E-state index in [-0.39, 0.29) is 12.4 Å². The normalized spacial score (nSPS) is 9.84. The Balaban J connectivity index is 2.03. The number of anilines is 2. The van der Waals surface area contributed by atoms with Crippen LogP contribution in [0.1, 0.15) is 0 Å². The molecule has 2 aromatic rings. The molecular formula is C18H17ClN2O4. The number of benzene rings is 2. The lowest BCUT2D eigenvalue weighted by Gasteiger charge is -2.18. The zero-order valence-corrected chi connectivity index (χ0v) is 14.3. The number of nitrogens with zero attached hydrogens (tertiary/aromatic N) is 1. The third kappa shape index (κ3) is 5.26. The average Bonchev–Trinajstić information content (AvgIpc) is 2.60. The molecule has 0 radical (unpaired) electrons. The van der Waals surface area contributed by atoms with Gasteiger partial charge in [-0.15, -0.1) is 0 Å². The first kappa shape index (κ1) is 18.4. The van der Waals surface area contributed by atoms with Gasteiger partial charge in [-0.05, 0) is 24.3 Å². The van der Waals surface area contributed by atoms with Gasteiger partial charge in [0.25, 0.3) is 0 Å². The van der Waals surface area contributed by atoms with Crippen molar-refractivity contribution in [1.82, 2.24) is 0 Å². The number of halogens is 1. The van der Waals surface area contributed by atoms with Crippen LogP contribution in [0, 0.1) is 0 Å². The van der Waals surface area contributed by atoms with Gasteiger partial charge < -0.3 is 9.47 Å². The number of para-hydroxylation sites is 1. The number of hydrogen-bond acceptors (Lipinski definition) is 4. The van der Waals surface area contributed by atoms with Gasteiger partial charge in [0.15, 0.2) is 0 Å². The van der Waals surface area contributed by atoms with E-state index >= 15 is 0 Å². The molecule has 6 nitrogen and oxygen atoms in total. The van der Waals surface area contributed by atoms with Gasteiger partial charge in [0.2, 0.25) is 0 Å². The molecule has 0 aromatic heterocycles. The van der Waals surface area contributed by atoms with Crippen LogP contribution in [0.15, 0.2) is 61.2 Å². The largest absolute Gasteiger partial charge is 0.445 e. The molecule has 0 spiro atoms. The lowest BCUT2D eigenvalue weighted by molar-refractivity contribution is 0.174. The SMILES string of the molecule is C=CCOC(=O)Nc1cccc(OC(=O)N(C)c2ccccc2Cl)c1. The minimum absolute atomic E-state index is 0.100. The summed E-state index contributed by atoms with van der Waals surface area (Å²) in [4.78, 5) is 25.1. The Morgan fingerprint density at radius 1 is 1.24 bits per heavy atom. The second kappa shape index (κ2) is 8.75. The second-order valence-electron chi connectivity index (χ2n) is 4.92. The summed E-state index contributed by atoms with van der Waals surface area (Å²) in [6.45, 7) is 3.56. The molecule has 2 aromatic carbocycles. The van der Waals surface area contributed by atoms with Crippen LogP contribution in [0.2, 0.25) is 5.02 Å². The van der Waals surface area contributed by atoms with E-state index in [1.165, 1.54) is 17.0 Å². The highest BCUT2D eigenvalue weighted by molar-refractivity contribution is 6.33. The third-order valence-electron chi connectivity index (χ3n) is 3.11. The van der Waals surface area contributed by atoms with Gasteiger partial charge in [-0.3, -0.25) is 10.2 Å². The minimum atomic E-state index is -0.628. The van der Waals surface area contributed by atoms with Crippen LogP contribution in [0.5, 0.6) is 5.75 Å². The highest BCUT2D eigenvalue weighted by atomic mass is 35.5. The fraction of sp³-hybridized carbons (Fsp3) is 0.111. The maximum atomic E-state index is 12.3. The van der Waals surface area contributed by atoms with Gasteiger partial charge in [-0.1, -0.05) is 42.5 Å². The molecule has 0 unspecified atom stereocenters. The number of carbonyl (C=O) groups excluding carboxylic acids is 2. The van der Waals surface area contributed by atoms with Crippen LogP contribution in [-0.2, 0) is 4.74 Å². The molecule has 25 heavy (non-hydrogen) atoms. The molecule has 2 rings (SSSR count). The maximum absolute atomic E-state index is 12.3. The lowest BCUT2D eigenvalue weighted by atomic mass is 10.3. The zero-order chi connectivity index (χ0) is 18.2. The number of hydrogen-bond donors (Lipinski definition) is 1. The van der Waals surface area contributed by atoms with Gasteiger partial charge in [0.1, 0.15) is 12.4 Å². The Hall–Kier alpha value is -2.99. The molecule has 0 aliphatic carbocycles. The van der Waals surface area contributed by atoms with E-state index in [0.717, 1.165) is 0 Å². The van der Waals surface area contributed by atoms with E-state index in [2.05, 4.69) is 11.9 Å². The zero-order valence-electron chi connectivity index (χ0n) is 13.6. The molecule has 0 saturated carbocycles. The Bertz CT molecular complexity index is 779. The average molecular weight is 361 g/mol. The summed E-state index contributed by atoms with van der Waals surface area (Å²) in [5.41, 5.74) is 0.955. The number of nitrogens with one attached hydrogen (secondary N) is 1. The van der Waals surface area contributed by atoms with E-state index in [1.54, 1.807) is 49.5 Å². The molecule has 0 atom stereocenters. The smallest absolute Gasteiger partial charge is 0.419 e. The van der Waals surface area contributed by atoms with Crippen LogP contribution >= 0.6 is 11.6 Å². The number of carbonyl (C=O) groups is 2. The molecule has 0 fully saturated rings. The number of ether oxygens (including phenoxy) is 2. The van der Waals surface area contributed by atoms with Crippen molar-refractivity contribution in [3.8, 4) is 5.75 Å². The summed E-state index contributed by atoms with van der Waals surface area (Å²) in [6, 6.07) is 13.3. The minimum Gasteiger partial charge on any atom is -0.445 e. The summed E-state index contributed by atoms with van der Waals surface area (Å²) >= 11 is 6.07.